The molecular weight excluding hydrogens is 194 g/mol. The van der Waals surface area contributed by atoms with E-state index in [-0.39, 0.29) is 0 Å². The molecule has 1 heteroatoms. The molecule has 1 N–H and O–H groups in total. The summed E-state index contributed by atoms with van der Waals surface area (Å²) in [6.45, 7) is 7.75. The molecule has 1 aromatic carbocycles. The molecule has 0 radical (unpaired) electrons. The van der Waals surface area contributed by atoms with Crippen molar-refractivity contribution in [3.05, 3.63) is 35.4 Å². The quantitative estimate of drug-likeness (QED) is 0.691. The number of rotatable bonds is 7. The van der Waals surface area contributed by atoms with Crippen LogP contribution in [0.3, 0.4) is 0 Å². The summed E-state index contributed by atoms with van der Waals surface area (Å²) < 4.78 is 0. The topological polar surface area (TPSA) is 12.0 Å². The lowest BCUT2D eigenvalue weighted by atomic mass is 10.0. The van der Waals surface area contributed by atoms with E-state index in [2.05, 4.69) is 50.4 Å². The Kier molecular flexibility index (Phi) is 6.17. The van der Waals surface area contributed by atoms with Crippen LogP contribution in [-0.2, 0) is 12.8 Å². The van der Waals surface area contributed by atoms with Gasteiger partial charge in [0, 0.05) is 6.04 Å². The zero-order valence-corrected chi connectivity index (χ0v) is 10.9. The van der Waals surface area contributed by atoms with Crippen LogP contribution in [0.2, 0.25) is 0 Å². The van der Waals surface area contributed by atoms with Crippen molar-refractivity contribution in [3.63, 3.8) is 0 Å². The van der Waals surface area contributed by atoms with E-state index >= 15 is 0 Å². The van der Waals surface area contributed by atoms with E-state index in [0.717, 1.165) is 6.54 Å². The molecule has 0 atom stereocenters. The Bertz CT molecular complexity index is 291. The second-order valence-corrected chi connectivity index (χ2v) is 4.78. The minimum Gasteiger partial charge on any atom is -0.315 e. The van der Waals surface area contributed by atoms with Crippen molar-refractivity contribution >= 4 is 0 Å². The first-order valence-corrected chi connectivity index (χ1v) is 6.53. The monoisotopic (exact) mass is 219 g/mol. The molecule has 0 amide bonds. The maximum Gasteiger partial charge on any atom is 0.00103 e. The van der Waals surface area contributed by atoms with Gasteiger partial charge in [-0.2, -0.15) is 0 Å². The fourth-order valence-electron chi connectivity index (χ4n) is 1.91. The summed E-state index contributed by atoms with van der Waals surface area (Å²) in [4.78, 5) is 0. The van der Waals surface area contributed by atoms with E-state index in [4.69, 9.17) is 0 Å². The summed E-state index contributed by atoms with van der Waals surface area (Å²) in [7, 11) is 0. The van der Waals surface area contributed by atoms with Gasteiger partial charge in [0.25, 0.3) is 0 Å². The molecule has 0 fully saturated rings. The Morgan fingerprint density at radius 3 is 2.44 bits per heavy atom. The van der Waals surface area contributed by atoms with Crippen molar-refractivity contribution in [2.45, 2.75) is 52.5 Å². The first-order valence-electron chi connectivity index (χ1n) is 6.53. The van der Waals surface area contributed by atoms with Gasteiger partial charge in [0.1, 0.15) is 0 Å². The maximum absolute atomic E-state index is 3.46. The van der Waals surface area contributed by atoms with Gasteiger partial charge in [0.2, 0.25) is 0 Å². The molecule has 0 aliphatic heterocycles. The number of hydrogen-bond donors (Lipinski definition) is 1. The average molecular weight is 219 g/mol. The minimum absolute atomic E-state index is 0.603. The van der Waals surface area contributed by atoms with E-state index in [9.17, 15) is 0 Å². The van der Waals surface area contributed by atoms with Gasteiger partial charge in [0.15, 0.2) is 0 Å². The van der Waals surface area contributed by atoms with Crippen LogP contribution in [0.1, 0.15) is 44.7 Å². The van der Waals surface area contributed by atoms with Crippen molar-refractivity contribution in [1.82, 2.24) is 5.32 Å². The summed E-state index contributed by atoms with van der Waals surface area (Å²) in [5.74, 6) is 0. The van der Waals surface area contributed by atoms with Crippen LogP contribution < -0.4 is 5.32 Å². The van der Waals surface area contributed by atoms with Gasteiger partial charge in [-0.15, -0.1) is 0 Å². The molecule has 1 aromatic rings. The Morgan fingerprint density at radius 2 is 1.81 bits per heavy atom. The predicted molar refractivity (Wildman–Crippen MR) is 71.9 cm³/mol. The maximum atomic E-state index is 3.46. The van der Waals surface area contributed by atoms with Gasteiger partial charge in [-0.25, -0.2) is 0 Å². The summed E-state index contributed by atoms with van der Waals surface area (Å²) in [5, 5.41) is 3.46. The highest BCUT2D eigenvalue weighted by Crippen LogP contribution is 2.09. The normalized spacial score (nSPS) is 11.0. The zero-order chi connectivity index (χ0) is 11.8. The number of hydrogen-bond acceptors (Lipinski definition) is 1. The van der Waals surface area contributed by atoms with Gasteiger partial charge in [0.05, 0.1) is 0 Å². The molecule has 0 spiro atoms. The molecular formula is C15H25N. The summed E-state index contributed by atoms with van der Waals surface area (Å²) >= 11 is 0. The van der Waals surface area contributed by atoms with E-state index in [1.54, 1.807) is 0 Å². The van der Waals surface area contributed by atoms with Crippen molar-refractivity contribution in [1.29, 1.82) is 0 Å². The molecule has 0 aliphatic rings. The van der Waals surface area contributed by atoms with Gasteiger partial charge >= 0.3 is 0 Å². The third kappa shape index (κ3) is 5.32. The SMILES string of the molecule is CCCc1cccc(CCCNC(C)C)c1. The van der Waals surface area contributed by atoms with E-state index in [0.29, 0.717) is 6.04 Å². The van der Waals surface area contributed by atoms with Crippen LogP contribution in [0.4, 0.5) is 0 Å². The number of benzene rings is 1. The summed E-state index contributed by atoms with van der Waals surface area (Å²) in [5.41, 5.74) is 2.97. The standard InChI is InChI=1S/C15H25N/c1-4-7-14-8-5-9-15(12-14)10-6-11-16-13(2)3/h5,8-9,12-13,16H,4,6-7,10-11H2,1-3H3. The fourth-order valence-corrected chi connectivity index (χ4v) is 1.91. The molecule has 0 saturated heterocycles. The van der Waals surface area contributed by atoms with Gasteiger partial charge < -0.3 is 5.32 Å². The zero-order valence-electron chi connectivity index (χ0n) is 10.9. The molecule has 1 rings (SSSR count). The van der Waals surface area contributed by atoms with Crippen LogP contribution in [-0.4, -0.2) is 12.6 Å². The van der Waals surface area contributed by atoms with Crippen LogP contribution in [0.25, 0.3) is 0 Å². The van der Waals surface area contributed by atoms with Gasteiger partial charge in [-0.05, 0) is 36.9 Å². The van der Waals surface area contributed by atoms with E-state index in [1.807, 2.05) is 0 Å². The highest BCUT2D eigenvalue weighted by atomic mass is 14.9. The first-order chi connectivity index (χ1) is 7.72. The Labute approximate surface area is 100 Å². The van der Waals surface area contributed by atoms with Gasteiger partial charge in [-0.3, -0.25) is 0 Å². The number of nitrogens with one attached hydrogen (secondary N) is 1. The summed E-state index contributed by atoms with van der Waals surface area (Å²) in [6, 6.07) is 9.63. The van der Waals surface area contributed by atoms with Crippen LogP contribution in [0.15, 0.2) is 24.3 Å². The van der Waals surface area contributed by atoms with Crippen LogP contribution in [0.5, 0.6) is 0 Å². The number of aryl methyl sites for hydroxylation is 2. The largest absolute Gasteiger partial charge is 0.315 e. The molecule has 0 saturated carbocycles. The molecule has 1 nitrogen and oxygen atoms in total. The van der Waals surface area contributed by atoms with Crippen molar-refractivity contribution in [2.75, 3.05) is 6.54 Å². The van der Waals surface area contributed by atoms with E-state index in [1.165, 1.54) is 36.8 Å². The molecule has 0 unspecified atom stereocenters. The molecule has 0 aromatic heterocycles. The molecule has 0 heterocycles. The molecule has 90 valence electrons. The van der Waals surface area contributed by atoms with Crippen molar-refractivity contribution < 1.29 is 0 Å². The third-order valence-electron chi connectivity index (χ3n) is 2.72. The smallest absolute Gasteiger partial charge is 0.00103 e. The van der Waals surface area contributed by atoms with Crippen LogP contribution in [0, 0.1) is 0 Å². The fraction of sp³-hybridized carbons (Fsp3) is 0.600. The first kappa shape index (κ1) is 13.2. The molecule has 16 heavy (non-hydrogen) atoms. The average Bonchev–Trinajstić information content (AvgIpc) is 2.25. The van der Waals surface area contributed by atoms with E-state index < -0.39 is 0 Å². The second kappa shape index (κ2) is 7.45. The lowest BCUT2D eigenvalue weighted by molar-refractivity contribution is 0.570. The van der Waals surface area contributed by atoms with Crippen molar-refractivity contribution in [2.24, 2.45) is 0 Å². The molecule has 0 aliphatic carbocycles. The van der Waals surface area contributed by atoms with Crippen molar-refractivity contribution in [3.8, 4) is 0 Å². The summed E-state index contributed by atoms with van der Waals surface area (Å²) in [6.07, 6.45) is 4.86. The van der Waals surface area contributed by atoms with Gasteiger partial charge in [-0.1, -0.05) is 51.5 Å². The second-order valence-electron chi connectivity index (χ2n) is 4.78. The highest BCUT2D eigenvalue weighted by Gasteiger charge is 1.97. The highest BCUT2D eigenvalue weighted by molar-refractivity contribution is 5.23. The minimum atomic E-state index is 0.603. The Morgan fingerprint density at radius 1 is 1.12 bits per heavy atom. The van der Waals surface area contributed by atoms with Crippen LogP contribution >= 0.6 is 0 Å². The predicted octanol–water partition coefficient (Wildman–Crippen LogP) is 3.57. The Balaban J connectivity index is 2.33. The lowest BCUT2D eigenvalue weighted by Gasteiger charge is -2.08. The lowest BCUT2D eigenvalue weighted by Crippen LogP contribution is -2.23. The molecule has 0 bridgehead atoms. The Hall–Kier alpha value is -0.820. The third-order valence-corrected chi connectivity index (χ3v) is 2.72.